The maximum atomic E-state index is 11.0. The summed E-state index contributed by atoms with van der Waals surface area (Å²) in [6.45, 7) is 1.64. The highest BCUT2D eigenvalue weighted by atomic mass is 32.1. The second-order valence-electron chi connectivity index (χ2n) is 2.14. The van der Waals surface area contributed by atoms with E-state index in [0.29, 0.717) is 0 Å². The third-order valence-electron chi connectivity index (χ3n) is 1.09. The van der Waals surface area contributed by atoms with Crippen LogP contribution < -0.4 is 11.1 Å². The average molecular weight is 171 g/mol. The Labute approximate surface area is 68.4 Å². The predicted octanol–water partition coefficient (Wildman–Crippen LogP) is 0.429. The molecule has 0 spiro atoms. The van der Waals surface area contributed by atoms with Crippen LogP contribution in [0.5, 0.6) is 0 Å². The first-order valence-electron chi connectivity index (χ1n) is 3.15. The van der Waals surface area contributed by atoms with E-state index in [-0.39, 0.29) is 5.91 Å². The highest BCUT2D eigenvalue weighted by Gasteiger charge is 2.07. The van der Waals surface area contributed by atoms with Crippen LogP contribution in [-0.2, 0) is 4.79 Å². The van der Waals surface area contributed by atoms with Crippen LogP contribution in [0.3, 0.4) is 0 Å². The molecule has 1 heterocycles. The Morgan fingerprint density at radius 1 is 1.91 bits per heavy atom. The number of aromatic nitrogens is 1. The molecule has 4 nitrogen and oxygen atoms in total. The van der Waals surface area contributed by atoms with Gasteiger partial charge in [0.2, 0.25) is 5.91 Å². The molecule has 5 heteroatoms. The second-order valence-corrected chi connectivity index (χ2v) is 3.03. The maximum Gasteiger partial charge on any atom is 0.241 e. The number of nitrogens with two attached hydrogens (primary N) is 1. The third-order valence-corrected chi connectivity index (χ3v) is 1.78. The van der Waals surface area contributed by atoms with Crippen molar-refractivity contribution in [2.24, 2.45) is 5.73 Å². The molecule has 1 rings (SSSR count). The molecule has 0 bridgehead atoms. The van der Waals surface area contributed by atoms with E-state index in [1.165, 1.54) is 11.3 Å². The van der Waals surface area contributed by atoms with Gasteiger partial charge in [-0.15, -0.1) is 11.3 Å². The van der Waals surface area contributed by atoms with E-state index >= 15 is 0 Å². The molecule has 60 valence electrons. The lowest BCUT2D eigenvalue weighted by atomic mass is 10.3. The molecule has 1 amide bonds. The van der Waals surface area contributed by atoms with E-state index in [4.69, 9.17) is 5.73 Å². The maximum absolute atomic E-state index is 11.0. The van der Waals surface area contributed by atoms with Crippen LogP contribution in [0.15, 0.2) is 11.7 Å². The van der Waals surface area contributed by atoms with E-state index in [1.54, 1.807) is 18.6 Å². The standard InChI is InChI=1S/C6H9N3OS/c1-4(7)6(10)9-5-2-8-3-11-5/h2-4H,7H2,1H3,(H,9,10)/t4-/m0/s1. The molecule has 0 radical (unpaired) electrons. The smallest absolute Gasteiger partial charge is 0.241 e. The number of hydrogen-bond donors (Lipinski definition) is 2. The summed E-state index contributed by atoms with van der Waals surface area (Å²) in [6, 6.07) is -0.475. The van der Waals surface area contributed by atoms with Gasteiger partial charge in [0.1, 0.15) is 5.00 Å². The Hall–Kier alpha value is -0.940. The van der Waals surface area contributed by atoms with Gasteiger partial charge in [-0.1, -0.05) is 0 Å². The first kappa shape index (κ1) is 8.16. The quantitative estimate of drug-likeness (QED) is 0.678. The summed E-state index contributed by atoms with van der Waals surface area (Å²) in [5, 5.41) is 3.34. The molecule has 1 atom stereocenters. The Kier molecular flexibility index (Phi) is 2.56. The number of nitrogens with zero attached hydrogens (tertiary/aromatic N) is 1. The number of thiazole rings is 1. The molecule has 0 saturated carbocycles. The summed E-state index contributed by atoms with van der Waals surface area (Å²) in [7, 11) is 0. The summed E-state index contributed by atoms with van der Waals surface area (Å²) in [5.41, 5.74) is 6.97. The van der Waals surface area contributed by atoms with Crippen LogP contribution in [0.4, 0.5) is 5.00 Å². The number of nitrogens with one attached hydrogen (secondary N) is 1. The fraction of sp³-hybridized carbons (Fsp3) is 0.333. The van der Waals surface area contributed by atoms with E-state index in [9.17, 15) is 4.79 Å². The minimum absolute atomic E-state index is 0.186. The highest BCUT2D eigenvalue weighted by molar-refractivity contribution is 7.13. The van der Waals surface area contributed by atoms with Crippen molar-refractivity contribution in [1.29, 1.82) is 0 Å². The van der Waals surface area contributed by atoms with Crippen molar-refractivity contribution in [2.75, 3.05) is 5.32 Å². The van der Waals surface area contributed by atoms with Gasteiger partial charge in [0.25, 0.3) is 0 Å². The molecule has 0 unspecified atom stereocenters. The van der Waals surface area contributed by atoms with Crippen molar-refractivity contribution in [3.05, 3.63) is 11.7 Å². The third kappa shape index (κ3) is 2.28. The molecule has 1 aromatic rings. The van der Waals surface area contributed by atoms with Gasteiger partial charge in [0, 0.05) is 0 Å². The molecular weight excluding hydrogens is 162 g/mol. The van der Waals surface area contributed by atoms with E-state index in [2.05, 4.69) is 10.3 Å². The number of carbonyl (C=O) groups is 1. The van der Waals surface area contributed by atoms with Crippen molar-refractivity contribution in [3.8, 4) is 0 Å². The van der Waals surface area contributed by atoms with Crippen molar-refractivity contribution in [1.82, 2.24) is 4.98 Å². The molecule has 11 heavy (non-hydrogen) atoms. The Morgan fingerprint density at radius 3 is 3.09 bits per heavy atom. The molecule has 0 fully saturated rings. The lowest BCUT2D eigenvalue weighted by Gasteiger charge is -2.03. The zero-order chi connectivity index (χ0) is 8.27. The van der Waals surface area contributed by atoms with Crippen LogP contribution in [0.2, 0.25) is 0 Å². The summed E-state index contributed by atoms with van der Waals surface area (Å²) in [4.78, 5) is 14.8. The number of anilines is 1. The van der Waals surface area contributed by atoms with Crippen LogP contribution in [0.1, 0.15) is 6.92 Å². The molecule has 1 aromatic heterocycles. The number of hydrogen-bond acceptors (Lipinski definition) is 4. The summed E-state index contributed by atoms with van der Waals surface area (Å²) >= 11 is 1.37. The summed E-state index contributed by atoms with van der Waals surface area (Å²) in [5.74, 6) is -0.186. The first-order chi connectivity index (χ1) is 5.20. The van der Waals surface area contributed by atoms with Crippen molar-refractivity contribution in [2.45, 2.75) is 13.0 Å². The lowest BCUT2D eigenvalue weighted by molar-refractivity contribution is -0.117. The molecule has 0 aromatic carbocycles. The van der Waals surface area contributed by atoms with Gasteiger partial charge in [0.15, 0.2) is 0 Å². The Balaban J connectivity index is 2.50. The van der Waals surface area contributed by atoms with E-state index in [1.807, 2.05) is 0 Å². The summed E-state index contributed by atoms with van der Waals surface area (Å²) < 4.78 is 0. The van der Waals surface area contributed by atoms with Gasteiger partial charge < -0.3 is 11.1 Å². The van der Waals surface area contributed by atoms with Crippen LogP contribution in [-0.4, -0.2) is 16.9 Å². The second kappa shape index (κ2) is 3.45. The molecule has 3 N–H and O–H groups in total. The normalized spacial score (nSPS) is 12.5. The molecule has 0 aliphatic carbocycles. The minimum atomic E-state index is -0.475. The summed E-state index contributed by atoms with van der Waals surface area (Å²) in [6.07, 6.45) is 1.59. The van der Waals surface area contributed by atoms with Crippen LogP contribution >= 0.6 is 11.3 Å². The topological polar surface area (TPSA) is 68.0 Å². The molecule has 0 saturated heterocycles. The predicted molar refractivity (Wildman–Crippen MR) is 44.4 cm³/mol. The van der Waals surface area contributed by atoms with Gasteiger partial charge >= 0.3 is 0 Å². The van der Waals surface area contributed by atoms with Crippen LogP contribution in [0.25, 0.3) is 0 Å². The van der Waals surface area contributed by atoms with Crippen molar-refractivity contribution >= 4 is 22.2 Å². The Bertz CT molecular complexity index is 232. The lowest BCUT2D eigenvalue weighted by Crippen LogP contribution is -2.32. The van der Waals surface area contributed by atoms with Crippen LogP contribution in [0, 0.1) is 0 Å². The van der Waals surface area contributed by atoms with Gasteiger partial charge in [0.05, 0.1) is 17.7 Å². The van der Waals surface area contributed by atoms with Gasteiger partial charge in [-0.05, 0) is 6.92 Å². The SMILES string of the molecule is C[C@H](N)C(=O)Nc1cncs1. The van der Waals surface area contributed by atoms with Gasteiger partial charge in [-0.2, -0.15) is 0 Å². The fourth-order valence-corrected chi connectivity index (χ4v) is 1.03. The van der Waals surface area contributed by atoms with E-state index < -0.39 is 6.04 Å². The zero-order valence-electron chi connectivity index (χ0n) is 6.07. The minimum Gasteiger partial charge on any atom is -0.320 e. The van der Waals surface area contributed by atoms with Gasteiger partial charge in [-0.25, -0.2) is 0 Å². The molecule has 0 aliphatic rings. The van der Waals surface area contributed by atoms with Crippen molar-refractivity contribution in [3.63, 3.8) is 0 Å². The largest absolute Gasteiger partial charge is 0.320 e. The fourth-order valence-electron chi connectivity index (χ4n) is 0.513. The van der Waals surface area contributed by atoms with Crippen molar-refractivity contribution < 1.29 is 4.79 Å². The Morgan fingerprint density at radius 2 is 2.64 bits per heavy atom. The highest BCUT2D eigenvalue weighted by Crippen LogP contribution is 2.11. The first-order valence-corrected chi connectivity index (χ1v) is 4.03. The van der Waals surface area contributed by atoms with Gasteiger partial charge in [-0.3, -0.25) is 9.78 Å². The number of carbonyl (C=O) groups excluding carboxylic acids is 1. The monoisotopic (exact) mass is 171 g/mol. The molecule has 0 aliphatic heterocycles. The van der Waals surface area contributed by atoms with E-state index in [0.717, 1.165) is 5.00 Å². The number of amides is 1. The number of rotatable bonds is 2. The molecular formula is C6H9N3OS. The zero-order valence-corrected chi connectivity index (χ0v) is 6.89. The average Bonchev–Trinajstić information content (AvgIpc) is 2.39.